The fraction of sp³-hybridized carbons (Fsp3) is 0.524. The Bertz CT molecular complexity index is 671. The first-order valence-corrected chi connectivity index (χ1v) is 9.47. The average molecular weight is 359 g/mol. The largest absolute Gasteiger partial charge is 0.475 e. The van der Waals surface area contributed by atoms with E-state index in [4.69, 9.17) is 9.52 Å². The molecule has 0 unspecified atom stereocenters. The lowest BCUT2D eigenvalue weighted by Crippen LogP contribution is -2.32. The molecule has 5 nitrogen and oxygen atoms in total. The number of furan rings is 1. The van der Waals surface area contributed by atoms with Crippen molar-refractivity contribution in [2.45, 2.75) is 64.8 Å². The number of rotatable bonds is 10. The van der Waals surface area contributed by atoms with Crippen LogP contribution in [0.5, 0.6) is 0 Å². The molecule has 5 heteroatoms. The van der Waals surface area contributed by atoms with Gasteiger partial charge in [-0.2, -0.15) is 0 Å². The van der Waals surface area contributed by atoms with Crippen molar-refractivity contribution in [1.29, 1.82) is 0 Å². The number of hydrogen-bond donors (Lipinski definition) is 1. The second-order valence-corrected chi connectivity index (χ2v) is 6.83. The van der Waals surface area contributed by atoms with Crippen molar-refractivity contribution in [2.75, 3.05) is 6.54 Å². The lowest BCUT2D eigenvalue weighted by molar-refractivity contribution is -0.128. The number of carbonyl (C=O) groups is 2. The summed E-state index contributed by atoms with van der Waals surface area (Å²) in [7, 11) is 0. The van der Waals surface area contributed by atoms with E-state index in [-0.39, 0.29) is 17.7 Å². The molecule has 2 heterocycles. The Hall–Kier alpha value is -2.30. The molecule has 0 radical (unpaired) electrons. The van der Waals surface area contributed by atoms with Gasteiger partial charge in [-0.1, -0.05) is 43.6 Å². The van der Waals surface area contributed by atoms with Crippen molar-refractivity contribution in [3.8, 4) is 0 Å². The molecule has 1 aliphatic heterocycles. The summed E-state index contributed by atoms with van der Waals surface area (Å²) in [5, 5.41) is 9.08. The van der Waals surface area contributed by atoms with Crippen molar-refractivity contribution < 1.29 is 19.1 Å². The second-order valence-electron chi connectivity index (χ2n) is 6.83. The minimum absolute atomic E-state index is 0.00188. The third-order valence-corrected chi connectivity index (χ3v) is 4.77. The monoisotopic (exact) mass is 359 g/mol. The van der Waals surface area contributed by atoms with Crippen LogP contribution in [-0.2, 0) is 11.2 Å². The van der Waals surface area contributed by atoms with E-state index in [9.17, 15) is 9.59 Å². The van der Waals surface area contributed by atoms with Gasteiger partial charge in [0, 0.05) is 18.5 Å². The summed E-state index contributed by atoms with van der Waals surface area (Å²) in [6, 6.07) is 1.83. The van der Waals surface area contributed by atoms with Crippen molar-refractivity contribution in [2.24, 2.45) is 0 Å². The first-order chi connectivity index (χ1) is 12.5. The molecule has 0 spiro atoms. The van der Waals surface area contributed by atoms with Gasteiger partial charge in [-0.05, 0) is 38.7 Å². The van der Waals surface area contributed by atoms with Gasteiger partial charge >= 0.3 is 5.97 Å². The Morgan fingerprint density at radius 3 is 2.96 bits per heavy atom. The van der Waals surface area contributed by atoms with Gasteiger partial charge in [0.1, 0.15) is 0 Å². The zero-order chi connectivity index (χ0) is 18.9. The summed E-state index contributed by atoms with van der Waals surface area (Å²) >= 11 is 0. The normalized spacial score (nSPS) is 18.2. The van der Waals surface area contributed by atoms with Crippen molar-refractivity contribution in [3.63, 3.8) is 0 Å². The van der Waals surface area contributed by atoms with Crippen LogP contribution >= 0.6 is 0 Å². The summed E-state index contributed by atoms with van der Waals surface area (Å²) in [6.45, 7) is 4.92. The number of allylic oxidation sites excluding steroid dienone is 3. The Morgan fingerprint density at radius 2 is 2.23 bits per heavy atom. The van der Waals surface area contributed by atoms with E-state index in [1.54, 1.807) is 6.07 Å². The predicted octanol–water partition coefficient (Wildman–Crippen LogP) is 4.59. The summed E-state index contributed by atoms with van der Waals surface area (Å²) in [6.07, 6.45) is 14.1. The predicted molar refractivity (Wildman–Crippen MR) is 101 cm³/mol. The molecule has 1 amide bonds. The topological polar surface area (TPSA) is 70.8 Å². The fourth-order valence-corrected chi connectivity index (χ4v) is 3.27. The Balaban J connectivity index is 1.88. The zero-order valence-corrected chi connectivity index (χ0v) is 15.7. The number of carbonyl (C=O) groups excluding carboxylic acids is 1. The molecule has 1 saturated heterocycles. The molecule has 1 aromatic rings. The molecule has 1 aromatic heterocycles. The summed E-state index contributed by atoms with van der Waals surface area (Å²) < 4.78 is 5.00. The van der Waals surface area contributed by atoms with Gasteiger partial charge in [0.25, 0.3) is 0 Å². The average Bonchev–Trinajstić information content (AvgIpc) is 3.21. The van der Waals surface area contributed by atoms with Crippen LogP contribution in [0.15, 0.2) is 40.5 Å². The SMILES string of the molecule is CCCC/C=C(C)/C=C\[C@H]1CCC(=O)N1CCCc1ccoc1C(=O)O. The van der Waals surface area contributed by atoms with Gasteiger partial charge in [-0.15, -0.1) is 0 Å². The number of likely N-dealkylation sites (tertiary alicyclic amines) is 1. The van der Waals surface area contributed by atoms with E-state index >= 15 is 0 Å². The van der Waals surface area contributed by atoms with Gasteiger partial charge in [-0.25, -0.2) is 4.79 Å². The van der Waals surface area contributed by atoms with Gasteiger partial charge < -0.3 is 14.4 Å². The molecule has 0 saturated carbocycles. The molecule has 1 atom stereocenters. The molecule has 0 aliphatic carbocycles. The first-order valence-electron chi connectivity index (χ1n) is 9.47. The van der Waals surface area contributed by atoms with Crippen LogP contribution in [0.25, 0.3) is 0 Å². The van der Waals surface area contributed by atoms with Crippen LogP contribution < -0.4 is 0 Å². The highest BCUT2D eigenvalue weighted by Gasteiger charge is 2.28. The minimum Gasteiger partial charge on any atom is -0.475 e. The number of aromatic carboxylic acids is 1. The second kappa shape index (κ2) is 10.00. The quantitative estimate of drug-likeness (QED) is 0.490. The molecule has 1 aliphatic rings. The van der Waals surface area contributed by atoms with Crippen LogP contribution in [0, 0.1) is 0 Å². The van der Waals surface area contributed by atoms with Gasteiger partial charge in [0.05, 0.1) is 12.3 Å². The Labute approximate surface area is 155 Å². The maximum Gasteiger partial charge on any atom is 0.372 e. The van der Waals surface area contributed by atoms with E-state index in [2.05, 4.69) is 32.1 Å². The van der Waals surface area contributed by atoms with Crippen LogP contribution in [0.4, 0.5) is 0 Å². The molecule has 1 fully saturated rings. The standard InChI is InChI=1S/C21H29NO4/c1-3-4-5-7-16(2)9-10-18-11-12-19(23)22(18)14-6-8-17-13-15-26-20(17)21(24)25/h7,9-10,13,15,18H,3-6,8,11-12,14H2,1-2H3,(H,24,25)/b10-9-,16-7+/t18-/m0/s1. The maximum atomic E-state index is 12.2. The van der Waals surface area contributed by atoms with E-state index in [0.29, 0.717) is 24.9 Å². The van der Waals surface area contributed by atoms with Crippen LogP contribution in [0.2, 0.25) is 0 Å². The Morgan fingerprint density at radius 1 is 1.42 bits per heavy atom. The number of amides is 1. The molecule has 1 N–H and O–H groups in total. The smallest absolute Gasteiger partial charge is 0.372 e. The molecular weight excluding hydrogens is 330 g/mol. The van der Waals surface area contributed by atoms with Crippen LogP contribution in [0.1, 0.15) is 68.5 Å². The lowest BCUT2D eigenvalue weighted by Gasteiger charge is -2.22. The highest BCUT2D eigenvalue weighted by molar-refractivity contribution is 5.86. The number of nitrogens with zero attached hydrogens (tertiary/aromatic N) is 1. The lowest BCUT2D eigenvalue weighted by atomic mass is 10.1. The number of aryl methyl sites for hydroxylation is 1. The third kappa shape index (κ3) is 5.61. The van der Waals surface area contributed by atoms with E-state index in [1.165, 1.54) is 24.7 Å². The third-order valence-electron chi connectivity index (χ3n) is 4.77. The minimum atomic E-state index is -1.05. The maximum absolute atomic E-state index is 12.2. The molecule has 0 bridgehead atoms. The van der Waals surface area contributed by atoms with Crippen LogP contribution in [-0.4, -0.2) is 34.5 Å². The molecular formula is C21H29NO4. The highest BCUT2D eigenvalue weighted by atomic mass is 16.4. The van der Waals surface area contributed by atoms with E-state index in [0.717, 1.165) is 19.3 Å². The number of carboxylic acids is 1. The molecule has 2 rings (SSSR count). The van der Waals surface area contributed by atoms with Gasteiger partial charge in [-0.3, -0.25) is 4.79 Å². The first kappa shape index (κ1) is 20.0. The zero-order valence-electron chi connectivity index (χ0n) is 15.7. The highest BCUT2D eigenvalue weighted by Crippen LogP contribution is 2.22. The number of unbranched alkanes of at least 4 members (excludes halogenated alkanes) is 2. The van der Waals surface area contributed by atoms with Crippen molar-refractivity contribution in [1.82, 2.24) is 4.90 Å². The Kier molecular flexibility index (Phi) is 7.70. The van der Waals surface area contributed by atoms with E-state index < -0.39 is 5.97 Å². The molecule has 0 aromatic carbocycles. The fourth-order valence-electron chi connectivity index (χ4n) is 3.27. The number of hydrogen-bond acceptors (Lipinski definition) is 3. The molecule has 26 heavy (non-hydrogen) atoms. The summed E-state index contributed by atoms with van der Waals surface area (Å²) in [4.78, 5) is 25.2. The van der Waals surface area contributed by atoms with Crippen LogP contribution in [0.3, 0.4) is 0 Å². The van der Waals surface area contributed by atoms with Gasteiger partial charge in [0.2, 0.25) is 11.7 Å². The molecule has 142 valence electrons. The summed E-state index contributed by atoms with van der Waals surface area (Å²) in [5.74, 6) is -0.867. The number of carboxylic acid groups (broad SMARTS) is 1. The van der Waals surface area contributed by atoms with Gasteiger partial charge in [0.15, 0.2) is 0 Å². The van der Waals surface area contributed by atoms with Crippen molar-refractivity contribution >= 4 is 11.9 Å². The summed E-state index contributed by atoms with van der Waals surface area (Å²) in [5.41, 5.74) is 1.92. The van der Waals surface area contributed by atoms with E-state index in [1.807, 2.05) is 4.90 Å². The van der Waals surface area contributed by atoms with Crippen molar-refractivity contribution in [3.05, 3.63) is 47.5 Å².